The van der Waals surface area contributed by atoms with Gasteiger partial charge in [0.1, 0.15) is 0 Å². The van der Waals surface area contributed by atoms with Gasteiger partial charge in [0, 0.05) is 19.3 Å². The first-order chi connectivity index (χ1) is 9.08. The molecule has 0 aliphatic rings. The van der Waals surface area contributed by atoms with Crippen LogP contribution in [0.2, 0.25) is 0 Å². The van der Waals surface area contributed by atoms with Gasteiger partial charge < -0.3 is 10.6 Å². The van der Waals surface area contributed by atoms with Crippen LogP contribution in [0.5, 0.6) is 0 Å². The normalized spacial score (nSPS) is 10.2. The monoisotopic (exact) mass is 254 g/mol. The molecule has 2 N–H and O–H groups in total. The van der Waals surface area contributed by atoms with E-state index in [1.54, 1.807) is 18.0 Å². The largest absolute Gasteiger partial charge is 0.398 e. The zero-order valence-corrected chi connectivity index (χ0v) is 11.3. The summed E-state index contributed by atoms with van der Waals surface area (Å²) in [6, 6.07) is 15.4. The van der Waals surface area contributed by atoms with Crippen LogP contribution in [-0.2, 0) is 6.54 Å². The van der Waals surface area contributed by atoms with Crippen LogP contribution in [0.25, 0.3) is 0 Å². The molecule has 1 amide bonds. The molecule has 3 nitrogen and oxygen atoms in total. The maximum Gasteiger partial charge on any atom is 0.255 e. The van der Waals surface area contributed by atoms with Crippen LogP contribution in [0, 0.1) is 6.92 Å². The summed E-state index contributed by atoms with van der Waals surface area (Å²) < 4.78 is 0. The van der Waals surface area contributed by atoms with E-state index in [9.17, 15) is 4.79 Å². The molecule has 0 saturated heterocycles. The van der Waals surface area contributed by atoms with Gasteiger partial charge in [0.15, 0.2) is 0 Å². The van der Waals surface area contributed by atoms with Crippen molar-refractivity contribution in [2.24, 2.45) is 0 Å². The van der Waals surface area contributed by atoms with Crippen LogP contribution in [0.15, 0.2) is 48.5 Å². The zero-order chi connectivity index (χ0) is 13.8. The molecule has 2 rings (SSSR count). The number of nitrogens with two attached hydrogens (primary N) is 1. The molecule has 0 radical (unpaired) electrons. The second kappa shape index (κ2) is 5.57. The molecule has 2 aromatic carbocycles. The Morgan fingerprint density at radius 2 is 1.84 bits per heavy atom. The number of anilines is 1. The molecule has 2 aromatic rings. The Bertz CT molecular complexity index is 579. The smallest absolute Gasteiger partial charge is 0.255 e. The molecule has 98 valence electrons. The van der Waals surface area contributed by atoms with Crippen molar-refractivity contribution < 1.29 is 4.79 Å². The van der Waals surface area contributed by atoms with Gasteiger partial charge >= 0.3 is 0 Å². The van der Waals surface area contributed by atoms with Crippen LogP contribution in [0.4, 0.5) is 5.69 Å². The van der Waals surface area contributed by atoms with Crippen molar-refractivity contribution in [2.45, 2.75) is 13.5 Å². The highest BCUT2D eigenvalue weighted by molar-refractivity contribution is 5.99. The fourth-order valence-corrected chi connectivity index (χ4v) is 1.99. The molecule has 0 aliphatic carbocycles. The Balaban J connectivity index is 2.17. The molecule has 0 fully saturated rings. The predicted molar refractivity (Wildman–Crippen MR) is 77.8 cm³/mol. The third kappa shape index (κ3) is 3.13. The summed E-state index contributed by atoms with van der Waals surface area (Å²) in [4.78, 5) is 14.0. The molecule has 0 unspecified atom stereocenters. The summed E-state index contributed by atoms with van der Waals surface area (Å²) in [6.07, 6.45) is 0. The number of rotatable bonds is 3. The van der Waals surface area contributed by atoms with Crippen molar-refractivity contribution in [3.63, 3.8) is 0 Å². The maximum atomic E-state index is 12.4. The first-order valence-electron chi connectivity index (χ1n) is 6.23. The van der Waals surface area contributed by atoms with Crippen LogP contribution >= 0.6 is 0 Å². The topological polar surface area (TPSA) is 46.3 Å². The van der Waals surface area contributed by atoms with E-state index in [1.807, 2.05) is 49.4 Å². The minimum absolute atomic E-state index is 0.0509. The molecular formula is C16H18N2O. The summed E-state index contributed by atoms with van der Waals surface area (Å²) in [5.41, 5.74) is 9.10. The van der Waals surface area contributed by atoms with Gasteiger partial charge in [-0.2, -0.15) is 0 Å². The second-order valence-corrected chi connectivity index (χ2v) is 4.74. The average molecular weight is 254 g/mol. The van der Waals surface area contributed by atoms with E-state index < -0.39 is 0 Å². The van der Waals surface area contributed by atoms with Crippen molar-refractivity contribution >= 4 is 11.6 Å². The number of carbonyl (C=O) groups excluding carboxylic acids is 1. The van der Waals surface area contributed by atoms with E-state index >= 15 is 0 Å². The quantitative estimate of drug-likeness (QED) is 0.856. The molecule has 19 heavy (non-hydrogen) atoms. The highest BCUT2D eigenvalue weighted by atomic mass is 16.2. The lowest BCUT2D eigenvalue weighted by molar-refractivity contribution is 0.0786. The van der Waals surface area contributed by atoms with Crippen LogP contribution in [0.1, 0.15) is 21.5 Å². The lowest BCUT2D eigenvalue weighted by Crippen LogP contribution is -2.27. The van der Waals surface area contributed by atoms with Gasteiger partial charge in [-0.15, -0.1) is 0 Å². The van der Waals surface area contributed by atoms with E-state index in [2.05, 4.69) is 0 Å². The van der Waals surface area contributed by atoms with Crippen molar-refractivity contribution in [1.82, 2.24) is 4.90 Å². The SMILES string of the molecule is Cc1ccc(N)c(C(=O)N(C)Cc2ccccc2)c1. The van der Waals surface area contributed by atoms with Crippen molar-refractivity contribution in [3.8, 4) is 0 Å². The van der Waals surface area contributed by atoms with Crippen molar-refractivity contribution in [3.05, 3.63) is 65.2 Å². The van der Waals surface area contributed by atoms with Gasteiger partial charge in [-0.1, -0.05) is 42.0 Å². The van der Waals surface area contributed by atoms with Crippen LogP contribution < -0.4 is 5.73 Å². The maximum absolute atomic E-state index is 12.4. The minimum Gasteiger partial charge on any atom is -0.398 e. The number of nitrogen functional groups attached to an aromatic ring is 1. The fourth-order valence-electron chi connectivity index (χ4n) is 1.99. The van der Waals surface area contributed by atoms with E-state index in [4.69, 9.17) is 5.73 Å². The van der Waals surface area contributed by atoms with Gasteiger partial charge in [-0.05, 0) is 24.6 Å². The Morgan fingerprint density at radius 1 is 1.16 bits per heavy atom. The Labute approximate surface area is 113 Å². The van der Waals surface area contributed by atoms with Gasteiger partial charge in [0.2, 0.25) is 0 Å². The molecule has 0 aromatic heterocycles. The molecule has 0 atom stereocenters. The van der Waals surface area contributed by atoms with E-state index in [-0.39, 0.29) is 5.91 Å². The number of hydrogen-bond donors (Lipinski definition) is 1. The summed E-state index contributed by atoms with van der Waals surface area (Å²) in [5.74, 6) is -0.0509. The Kier molecular flexibility index (Phi) is 3.85. The lowest BCUT2D eigenvalue weighted by atomic mass is 10.1. The van der Waals surface area contributed by atoms with Crippen molar-refractivity contribution in [2.75, 3.05) is 12.8 Å². The number of nitrogens with zero attached hydrogens (tertiary/aromatic N) is 1. The molecule has 0 saturated carbocycles. The molecule has 0 bridgehead atoms. The van der Waals surface area contributed by atoms with Gasteiger partial charge in [-0.3, -0.25) is 4.79 Å². The first-order valence-corrected chi connectivity index (χ1v) is 6.23. The average Bonchev–Trinajstić information content (AvgIpc) is 2.42. The lowest BCUT2D eigenvalue weighted by Gasteiger charge is -2.18. The first kappa shape index (κ1) is 13.1. The number of benzene rings is 2. The minimum atomic E-state index is -0.0509. The molecule has 0 aliphatic heterocycles. The molecule has 0 spiro atoms. The standard InChI is InChI=1S/C16H18N2O/c1-12-8-9-15(17)14(10-12)16(19)18(2)11-13-6-4-3-5-7-13/h3-10H,11,17H2,1-2H3. The Hall–Kier alpha value is -2.29. The number of amides is 1. The highest BCUT2D eigenvalue weighted by Gasteiger charge is 2.14. The van der Waals surface area contributed by atoms with E-state index in [1.165, 1.54) is 0 Å². The summed E-state index contributed by atoms with van der Waals surface area (Å²) >= 11 is 0. The molecule has 3 heteroatoms. The van der Waals surface area contributed by atoms with Gasteiger partial charge in [0.05, 0.1) is 5.56 Å². The van der Waals surface area contributed by atoms with Crippen LogP contribution in [0.3, 0.4) is 0 Å². The van der Waals surface area contributed by atoms with Gasteiger partial charge in [0.25, 0.3) is 5.91 Å². The van der Waals surface area contributed by atoms with E-state index in [0.717, 1.165) is 11.1 Å². The van der Waals surface area contributed by atoms with Gasteiger partial charge in [-0.25, -0.2) is 0 Å². The second-order valence-electron chi connectivity index (χ2n) is 4.74. The van der Waals surface area contributed by atoms with E-state index in [0.29, 0.717) is 17.8 Å². The summed E-state index contributed by atoms with van der Waals surface area (Å²) in [6.45, 7) is 2.53. The highest BCUT2D eigenvalue weighted by Crippen LogP contribution is 2.16. The third-order valence-corrected chi connectivity index (χ3v) is 3.05. The summed E-state index contributed by atoms with van der Waals surface area (Å²) in [5, 5.41) is 0. The predicted octanol–water partition coefficient (Wildman–Crippen LogP) is 2.85. The number of hydrogen-bond acceptors (Lipinski definition) is 2. The van der Waals surface area contributed by atoms with Crippen molar-refractivity contribution in [1.29, 1.82) is 0 Å². The number of aryl methyl sites for hydroxylation is 1. The zero-order valence-electron chi connectivity index (χ0n) is 11.3. The Morgan fingerprint density at radius 3 is 2.53 bits per heavy atom. The number of carbonyl (C=O) groups is 1. The molecule has 0 heterocycles. The summed E-state index contributed by atoms with van der Waals surface area (Å²) in [7, 11) is 1.79. The van der Waals surface area contributed by atoms with Crippen LogP contribution in [-0.4, -0.2) is 17.9 Å². The molecular weight excluding hydrogens is 236 g/mol. The fraction of sp³-hybridized carbons (Fsp3) is 0.188. The third-order valence-electron chi connectivity index (χ3n) is 3.05.